The van der Waals surface area contributed by atoms with Crippen LogP contribution in [0.1, 0.15) is 46.1 Å². The molecule has 0 heterocycles. The maximum atomic E-state index is 11.6. The lowest BCUT2D eigenvalue weighted by Gasteiger charge is -2.52. The molecule has 1 saturated carbocycles. The van der Waals surface area contributed by atoms with Gasteiger partial charge in [0.05, 0.1) is 12.7 Å². The summed E-state index contributed by atoms with van der Waals surface area (Å²) in [5.41, 5.74) is 1.21. The Hall–Kier alpha value is -1.85. The van der Waals surface area contributed by atoms with E-state index in [-0.39, 0.29) is 17.8 Å². The molecule has 5 heteroatoms. The highest BCUT2D eigenvalue weighted by atomic mass is 16.5. The molecule has 0 amide bonds. The van der Waals surface area contributed by atoms with Gasteiger partial charge in [-0.25, -0.2) is 0 Å². The van der Waals surface area contributed by atoms with E-state index in [0.29, 0.717) is 11.8 Å². The third kappa shape index (κ3) is 4.73. The Kier molecular flexibility index (Phi) is 7.25. The van der Waals surface area contributed by atoms with Crippen LogP contribution in [0.2, 0.25) is 0 Å². The van der Waals surface area contributed by atoms with Crippen LogP contribution >= 0.6 is 0 Å². The largest absolute Gasteiger partial charge is 0.496 e. The number of hydrogen-bond donors (Lipinski definition) is 2. The summed E-state index contributed by atoms with van der Waals surface area (Å²) in [6, 6.07) is 8.06. The van der Waals surface area contributed by atoms with E-state index in [1.807, 2.05) is 31.5 Å². The number of rotatable bonds is 7. The number of hydrogen-bond acceptors (Lipinski definition) is 5. The summed E-state index contributed by atoms with van der Waals surface area (Å²) in [5.74, 6) is 1.51. The van der Waals surface area contributed by atoms with Crippen LogP contribution in [-0.4, -0.2) is 36.4 Å². The Labute approximate surface area is 180 Å². The van der Waals surface area contributed by atoms with E-state index < -0.39 is 11.7 Å². The van der Waals surface area contributed by atoms with Gasteiger partial charge in [0.15, 0.2) is 0 Å². The van der Waals surface area contributed by atoms with Gasteiger partial charge in [-0.3, -0.25) is 4.79 Å². The molecule has 3 rings (SSSR count). The average Bonchev–Trinajstić information content (AvgIpc) is 2.70. The first-order chi connectivity index (χ1) is 14.3. The van der Waals surface area contributed by atoms with E-state index in [9.17, 15) is 9.90 Å². The fourth-order valence-electron chi connectivity index (χ4n) is 5.19. The number of methoxy groups -OCH3 is 1. The van der Waals surface area contributed by atoms with Crippen LogP contribution < -0.4 is 10.1 Å². The zero-order valence-corrected chi connectivity index (χ0v) is 18.9. The van der Waals surface area contributed by atoms with Crippen molar-refractivity contribution in [1.29, 1.82) is 0 Å². The molecule has 30 heavy (non-hydrogen) atoms. The summed E-state index contributed by atoms with van der Waals surface area (Å²) in [5, 5.41) is 15.2. The molecule has 1 aromatic carbocycles. The third-order valence-electron chi connectivity index (χ3n) is 7.03. The van der Waals surface area contributed by atoms with Crippen molar-refractivity contribution < 1.29 is 19.4 Å². The maximum absolute atomic E-state index is 11.6. The molecule has 1 radical (unpaired) electrons. The first-order valence-electron chi connectivity index (χ1n) is 11.0. The average molecular weight is 415 g/mol. The second-order valence-corrected chi connectivity index (χ2v) is 9.08. The van der Waals surface area contributed by atoms with Crippen LogP contribution in [0.3, 0.4) is 0 Å². The van der Waals surface area contributed by atoms with E-state index >= 15 is 0 Å². The highest BCUT2D eigenvalue weighted by Crippen LogP contribution is 2.50. The molecule has 5 nitrogen and oxygen atoms in total. The van der Waals surface area contributed by atoms with E-state index in [0.717, 1.165) is 42.8 Å². The Bertz CT molecular complexity index is 776. The van der Waals surface area contributed by atoms with Gasteiger partial charge < -0.3 is 19.9 Å². The van der Waals surface area contributed by atoms with Gasteiger partial charge in [0.1, 0.15) is 11.9 Å². The van der Waals surface area contributed by atoms with Crippen molar-refractivity contribution in [3.63, 3.8) is 0 Å². The van der Waals surface area contributed by atoms with Crippen LogP contribution in [0, 0.1) is 30.1 Å². The number of carbonyl (C=O) groups is 1. The molecule has 2 aliphatic rings. The zero-order valence-electron chi connectivity index (χ0n) is 18.9. The van der Waals surface area contributed by atoms with Crippen LogP contribution in [0.15, 0.2) is 35.9 Å². The van der Waals surface area contributed by atoms with Gasteiger partial charge in [-0.2, -0.15) is 0 Å². The normalized spacial score (nSPS) is 32.0. The van der Waals surface area contributed by atoms with Crippen LogP contribution in [0.25, 0.3) is 0 Å². The molecule has 1 aromatic rings. The number of carbonyl (C=O) groups excluding carboxylic acids is 1. The van der Waals surface area contributed by atoms with Crippen LogP contribution in [-0.2, 0) is 16.1 Å². The van der Waals surface area contributed by atoms with Crippen molar-refractivity contribution in [3.05, 3.63) is 47.9 Å². The highest BCUT2D eigenvalue weighted by Gasteiger charge is 2.52. The van der Waals surface area contributed by atoms with Gasteiger partial charge in [0, 0.05) is 31.4 Å². The van der Waals surface area contributed by atoms with Crippen molar-refractivity contribution in [3.8, 4) is 5.75 Å². The maximum Gasteiger partial charge on any atom is 0.303 e. The summed E-state index contributed by atoms with van der Waals surface area (Å²) in [7, 11) is 1.70. The highest BCUT2D eigenvalue weighted by molar-refractivity contribution is 5.66. The third-order valence-corrected chi connectivity index (χ3v) is 7.03. The molecule has 0 saturated heterocycles. The molecule has 1 fully saturated rings. The Morgan fingerprint density at radius 2 is 2.07 bits per heavy atom. The minimum Gasteiger partial charge on any atom is -0.496 e. The van der Waals surface area contributed by atoms with Crippen LogP contribution in [0.4, 0.5) is 0 Å². The lowest BCUT2D eigenvalue weighted by molar-refractivity contribution is -0.148. The van der Waals surface area contributed by atoms with E-state index in [2.05, 4.69) is 31.3 Å². The van der Waals surface area contributed by atoms with E-state index in [4.69, 9.17) is 9.47 Å². The molecule has 0 bridgehead atoms. The minimum absolute atomic E-state index is 0.0381. The first kappa shape index (κ1) is 22.8. The number of nitrogens with one attached hydrogen (secondary N) is 1. The molecule has 0 spiro atoms. The predicted molar refractivity (Wildman–Crippen MR) is 118 cm³/mol. The number of benzene rings is 1. The molecule has 165 valence electrons. The summed E-state index contributed by atoms with van der Waals surface area (Å²) < 4.78 is 10.9. The fourth-order valence-corrected chi connectivity index (χ4v) is 5.19. The summed E-state index contributed by atoms with van der Waals surface area (Å²) >= 11 is 0. The fraction of sp³-hybridized carbons (Fsp3) is 0.600. The smallest absolute Gasteiger partial charge is 0.303 e. The second kappa shape index (κ2) is 9.52. The molecular weight excluding hydrogens is 378 g/mol. The van der Waals surface area contributed by atoms with Crippen molar-refractivity contribution >= 4 is 5.97 Å². The molecule has 0 aromatic heterocycles. The lowest BCUT2D eigenvalue weighted by Crippen LogP contribution is -2.56. The van der Waals surface area contributed by atoms with Gasteiger partial charge in [-0.1, -0.05) is 38.1 Å². The first-order valence-corrected chi connectivity index (χ1v) is 11.0. The van der Waals surface area contributed by atoms with Crippen molar-refractivity contribution in [2.45, 2.75) is 58.8 Å². The standard InChI is InChI=1S/C25H36NO4/c1-16-12-22-21(11-10-18(3)25(22,28)13-24(16)30-19(4)27)17(2)14-26-15-20-8-6-7-9-23(20)29-5/h6-9,12-13,17-18,21-22,24,26,28H,10-11,14-15H2,1-5H3/t17?,18-,21+,22-,24-,25-/m1/s1. The van der Waals surface area contributed by atoms with Gasteiger partial charge in [0.25, 0.3) is 0 Å². The molecule has 0 aliphatic heterocycles. The van der Waals surface area contributed by atoms with Crippen LogP contribution in [0.5, 0.6) is 5.75 Å². The van der Waals surface area contributed by atoms with E-state index in [1.165, 1.54) is 6.92 Å². The number of fused-ring (bicyclic) bond motifs is 1. The SMILES string of the molecule is COc1ccccc1CNCC(C)[C@@H]1CC[C@@H](C)[C@]2(O)[CH][C@@H](OC(C)=O)C(C)=C[C@H]12. The lowest BCUT2D eigenvalue weighted by atomic mass is 9.57. The number of aliphatic hydroxyl groups is 1. The van der Waals surface area contributed by atoms with Crippen molar-refractivity contribution in [2.24, 2.45) is 23.7 Å². The van der Waals surface area contributed by atoms with Gasteiger partial charge in [-0.05, 0) is 55.7 Å². The Morgan fingerprint density at radius 1 is 1.33 bits per heavy atom. The molecular formula is C25H36NO4. The molecule has 1 unspecified atom stereocenters. The number of esters is 1. The quantitative estimate of drug-likeness (QED) is 0.523. The topological polar surface area (TPSA) is 67.8 Å². The monoisotopic (exact) mass is 414 g/mol. The summed E-state index contributed by atoms with van der Waals surface area (Å²) in [4.78, 5) is 11.5. The second-order valence-electron chi connectivity index (χ2n) is 9.08. The Morgan fingerprint density at radius 3 is 2.77 bits per heavy atom. The predicted octanol–water partition coefficient (Wildman–Crippen LogP) is 3.91. The van der Waals surface area contributed by atoms with E-state index in [1.54, 1.807) is 7.11 Å². The van der Waals surface area contributed by atoms with Gasteiger partial charge in [0.2, 0.25) is 0 Å². The van der Waals surface area contributed by atoms with Gasteiger partial charge >= 0.3 is 5.97 Å². The summed E-state index contributed by atoms with van der Waals surface area (Å²) in [6.45, 7) is 9.39. The Balaban J connectivity index is 1.69. The number of ether oxygens (including phenoxy) is 2. The summed E-state index contributed by atoms with van der Waals surface area (Å²) in [6.07, 6.45) is 5.64. The number of para-hydroxylation sites is 1. The molecule has 6 atom stereocenters. The minimum atomic E-state index is -0.945. The van der Waals surface area contributed by atoms with Gasteiger partial charge in [-0.15, -0.1) is 0 Å². The zero-order chi connectivity index (χ0) is 21.9. The van der Waals surface area contributed by atoms with Crippen molar-refractivity contribution in [1.82, 2.24) is 5.32 Å². The molecule has 2 aliphatic carbocycles. The molecule has 2 N–H and O–H groups in total. The van der Waals surface area contributed by atoms with Crippen molar-refractivity contribution in [2.75, 3.05) is 13.7 Å².